The molecule has 1 aromatic carbocycles. The first kappa shape index (κ1) is 17.9. The van der Waals surface area contributed by atoms with Crippen LogP contribution in [0, 0.1) is 6.92 Å². The highest BCUT2D eigenvalue weighted by molar-refractivity contribution is 6.01. The molecule has 0 aliphatic carbocycles. The molecule has 0 radical (unpaired) electrons. The van der Waals surface area contributed by atoms with Gasteiger partial charge in [-0.1, -0.05) is 12.1 Å². The standard InChI is InChI=1S/C19H22N4O3/c1-12-4-9-15-18(20-12)23(2)17(22-19(15)25)13-5-7-14(8-6-13)21-16(24)10-11-26-3/h4-9,17H,10-11H2,1-3H3,(H,21,24)(H,22,25)/t17-/m0/s1. The smallest absolute Gasteiger partial charge is 0.256 e. The molecule has 0 unspecified atom stereocenters. The van der Waals surface area contributed by atoms with E-state index < -0.39 is 0 Å². The van der Waals surface area contributed by atoms with Crippen LogP contribution in [0.5, 0.6) is 0 Å². The first-order valence-corrected chi connectivity index (χ1v) is 8.39. The Kier molecular flexibility index (Phi) is 5.18. The molecule has 1 aliphatic heterocycles. The topological polar surface area (TPSA) is 83.6 Å². The molecule has 7 nitrogen and oxygen atoms in total. The number of aryl methyl sites for hydroxylation is 1. The number of amides is 2. The van der Waals surface area contributed by atoms with Crippen LogP contribution in [-0.4, -0.2) is 37.6 Å². The number of nitrogens with zero attached hydrogens (tertiary/aromatic N) is 2. The SMILES string of the molecule is COCCC(=O)Nc1ccc([C@H]2NC(=O)c3ccc(C)nc3N2C)cc1. The van der Waals surface area contributed by atoms with Crippen molar-refractivity contribution in [2.75, 3.05) is 31.0 Å². The molecule has 26 heavy (non-hydrogen) atoms. The zero-order valence-corrected chi connectivity index (χ0v) is 15.1. The van der Waals surface area contributed by atoms with Gasteiger partial charge in [0.2, 0.25) is 5.91 Å². The van der Waals surface area contributed by atoms with E-state index in [1.165, 1.54) is 0 Å². The Morgan fingerprint density at radius 3 is 2.69 bits per heavy atom. The number of fused-ring (bicyclic) bond motifs is 1. The quantitative estimate of drug-likeness (QED) is 0.860. The summed E-state index contributed by atoms with van der Waals surface area (Å²) in [6, 6.07) is 11.0. The Labute approximate surface area is 152 Å². The van der Waals surface area contributed by atoms with E-state index in [0.717, 1.165) is 11.3 Å². The summed E-state index contributed by atoms with van der Waals surface area (Å²) in [5.41, 5.74) is 3.04. The molecule has 2 amide bonds. The summed E-state index contributed by atoms with van der Waals surface area (Å²) in [6.45, 7) is 2.28. The Morgan fingerprint density at radius 2 is 2.00 bits per heavy atom. The summed E-state index contributed by atoms with van der Waals surface area (Å²) in [5.74, 6) is 0.416. The van der Waals surface area contributed by atoms with E-state index in [1.807, 2.05) is 49.2 Å². The predicted octanol–water partition coefficient (Wildman–Crippen LogP) is 2.24. The largest absolute Gasteiger partial charge is 0.384 e. The average molecular weight is 354 g/mol. The van der Waals surface area contributed by atoms with Crippen molar-refractivity contribution >= 4 is 23.3 Å². The number of rotatable bonds is 5. The molecule has 2 N–H and O–H groups in total. The third kappa shape index (κ3) is 3.67. The first-order chi connectivity index (χ1) is 12.5. The average Bonchev–Trinajstić information content (AvgIpc) is 2.63. The van der Waals surface area contributed by atoms with Crippen LogP contribution in [0.2, 0.25) is 0 Å². The summed E-state index contributed by atoms with van der Waals surface area (Å²) in [6.07, 6.45) is -0.0101. The minimum atomic E-state index is -0.317. The molecule has 0 spiro atoms. The molecule has 7 heteroatoms. The molecule has 0 fully saturated rings. The van der Waals surface area contributed by atoms with Crippen molar-refractivity contribution < 1.29 is 14.3 Å². The number of ether oxygens (including phenoxy) is 1. The van der Waals surface area contributed by atoms with Gasteiger partial charge in [-0.15, -0.1) is 0 Å². The van der Waals surface area contributed by atoms with Gasteiger partial charge < -0.3 is 20.3 Å². The molecule has 0 bridgehead atoms. The number of methoxy groups -OCH3 is 1. The minimum Gasteiger partial charge on any atom is -0.384 e. The number of carbonyl (C=O) groups excluding carboxylic acids is 2. The molecule has 3 rings (SSSR count). The monoisotopic (exact) mass is 354 g/mol. The van der Waals surface area contributed by atoms with E-state index in [4.69, 9.17) is 4.74 Å². The van der Waals surface area contributed by atoms with Crippen LogP contribution in [0.4, 0.5) is 11.5 Å². The first-order valence-electron chi connectivity index (χ1n) is 8.39. The summed E-state index contributed by atoms with van der Waals surface area (Å²) in [5, 5.41) is 5.81. The van der Waals surface area contributed by atoms with Gasteiger partial charge >= 0.3 is 0 Å². The van der Waals surface area contributed by atoms with Crippen molar-refractivity contribution in [3.05, 3.63) is 53.2 Å². The predicted molar refractivity (Wildman–Crippen MR) is 99.1 cm³/mol. The van der Waals surface area contributed by atoms with E-state index in [-0.39, 0.29) is 18.0 Å². The molecule has 1 aromatic heterocycles. The molecular weight excluding hydrogens is 332 g/mol. The van der Waals surface area contributed by atoms with Gasteiger partial charge in [0.25, 0.3) is 5.91 Å². The third-order valence-corrected chi connectivity index (χ3v) is 4.29. The minimum absolute atomic E-state index is 0.101. The summed E-state index contributed by atoms with van der Waals surface area (Å²) < 4.78 is 4.90. The van der Waals surface area contributed by atoms with Crippen molar-refractivity contribution in [3.63, 3.8) is 0 Å². The summed E-state index contributed by atoms with van der Waals surface area (Å²) >= 11 is 0. The second-order valence-electron chi connectivity index (χ2n) is 6.22. The van der Waals surface area contributed by atoms with Crippen LogP contribution >= 0.6 is 0 Å². The molecule has 0 saturated carbocycles. The maximum absolute atomic E-state index is 12.4. The Morgan fingerprint density at radius 1 is 1.27 bits per heavy atom. The number of hydrogen-bond acceptors (Lipinski definition) is 5. The molecule has 1 atom stereocenters. The maximum atomic E-state index is 12.4. The number of anilines is 2. The molecule has 2 aromatic rings. The summed E-state index contributed by atoms with van der Waals surface area (Å²) in [4.78, 5) is 30.6. The van der Waals surface area contributed by atoms with Crippen molar-refractivity contribution in [2.24, 2.45) is 0 Å². The van der Waals surface area contributed by atoms with Crippen molar-refractivity contribution in [1.29, 1.82) is 0 Å². The molecule has 1 aliphatic rings. The van der Waals surface area contributed by atoms with E-state index in [9.17, 15) is 9.59 Å². The van der Waals surface area contributed by atoms with Gasteiger partial charge in [0.1, 0.15) is 12.0 Å². The normalized spacial score (nSPS) is 16.0. The van der Waals surface area contributed by atoms with Crippen LogP contribution in [0.15, 0.2) is 36.4 Å². The lowest BCUT2D eigenvalue weighted by atomic mass is 10.1. The van der Waals surface area contributed by atoms with Gasteiger partial charge in [-0.3, -0.25) is 9.59 Å². The lowest BCUT2D eigenvalue weighted by Crippen LogP contribution is -2.45. The third-order valence-electron chi connectivity index (χ3n) is 4.29. The van der Waals surface area contributed by atoms with Crippen molar-refractivity contribution in [3.8, 4) is 0 Å². The molecule has 2 heterocycles. The Hall–Kier alpha value is -2.93. The molecule has 136 valence electrons. The lowest BCUT2D eigenvalue weighted by molar-refractivity contribution is -0.117. The second kappa shape index (κ2) is 7.53. The fourth-order valence-corrected chi connectivity index (χ4v) is 2.88. The van der Waals surface area contributed by atoms with Gasteiger partial charge in [-0.2, -0.15) is 0 Å². The number of pyridine rings is 1. The lowest BCUT2D eigenvalue weighted by Gasteiger charge is -2.35. The number of aromatic nitrogens is 1. The van der Waals surface area contributed by atoms with E-state index >= 15 is 0 Å². The second-order valence-corrected chi connectivity index (χ2v) is 6.22. The van der Waals surface area contributed by atoms with E-state index in [2.05, 4.69) is 15.6 Å². The maximum Gasteiger partial charge on any atom is 0.256 e. The zero-order valence-electron chi connectivity index (χ0n) is 15.1. The van der Waals surface area contributed by atoms with Gasteiger partial charge in [-0.05, 0) is 36.8 Å². The van der Waals surface area contributed by atoms with Gasteiger partial charge in [0.15, 0.2) is 0 Å². The van der Waals surface area contributed by atoms with Gasteiger partial charge in [0.05, 0.1) is 18.6 Å². The van der Waals surface area contributed by atoms with Gasteiger partial charge in [0, 0.05) is 25.5 Å². The van der Waals surface area contributed by atoms with Crippen LogP contribution in [0.25, 0.3) is 0 Å². The zero-order chi connectivity index (χ0) is 18.7. The Balaban J connectivity index is 1.77. The van der Waals surface area contributed by atoms with Crippen LogP contribution in [0.3, 0.4) is 0 Å². The van der Waals surface area contributed by atoms with Crippen molar-refractivity contribution in [1.82, 2.24) is 10.3 Å². The Bertz CT molecular complexity index is 820. The number of carbonyl (C=O) groups is 2. The molecule has 0 saturated heterocycles. The van der Waals surface area contributed by atoms with Gasteiger partial charge in [-0.25, -0.2) is 4.98 Å². The van der Waals surface area contributed by atoms with Crippen molar-refractivity contribution in [2.45, 2.75) is 19.5 Å². The number of nitrogens with one attached hydrogen (secondary N) is 2. The highest BCUT2D eigenvalue weighted by atomic mass is 16.5. The fraction of sp³-hybridized carbons (Fsp3) is 0.316. The van der Waals surface area contributed by atoms with Crippen LogP contribution in [0.1, 0.15) is 34.2 Å². The van der Waals surface area contributed by atoms with Crippen LogP contribution < -0.4 is 15.5 Å². The highest BCUT2D eigenvalue weighted by Gasteiger charge is 2.30. The number of benzene rings is 1. The fourth-order valence-electron chi connectivity index (χ4n) is 2.88. The molecular formula is C19H22N4O3. The number of hydrogen-bond donors (Lipinski definition) is 2. The summed E-state index contributed by atoms with van der Waals surface area (Å²) in [7, 11) is 3.46. The highest BCUT2D eigenvalue weighted by Crippen LogP contribution is 2.30. The van der Waals surface area contributed by atoms with E-state index in [0.29, 0.717) is 30.1 Å². The van der Waals surface area contributed by atoms with E-state index in [1.54, 1.807) is 13.2 Å². The van der Waals surface area contributed by atoms with Crippen LogP contribution in [-0.2, 0) is 9.53 Å².